The summed E-state index contributed by atoms with van der Waals surface area (Å²) in [4.78, 5) is 3.64. The lowest BCUT2D eigenvalue weighted by Gasteiger charge is -2.26. The maximum atomic E-state index is 12.7. The van der Waals surface area contributed by atoms with Crippen LogP contribution in [-0.2, 0) is 0 Å². The molecule has 0 aliphatic rings. The zero-order valence-corrected chi connectivity index (χ0v) is 9.29. The largest absolute Gasteiger partial charge is 0.391 e. The normalized spacial score (nSPS) is 13.7. The van der Waals surface area contributed by atoms with E-state index in [1.54, 1.807) is 12.1 Å². The summed E-state index contributed by atoms with van der Waals surface area (Å²) in [6, 6.07) is 4.53. The van der Waals surface area contributed by atoms with Crippen molar-refractivity contribution in [2.45, 2.75) is 26.9 Å². The minimum atomic E-state index is -0.523. The van der Waals surface area contributed by atoms with Gasteiger partial charge in [-0.05, 0) is 17.5 Å². The van der Waals surface area contributed by atoms with Crippen molar-refractivity contribution in [3.8, 4) is 0 Å². The molecule has 0 bridgehead atoms. The molecule has 0 spiro atoms. The van der Waals surface area contributed by atoms with Crippen LogP contribution in [-0.4, -0.2) is 22.7 Å². The zero-order valence-electron chi connectivity index (χ0n) is 9.29. The van der Waals surface area contributed by atoms with Crippen LogP contribution in [0.25, 0.3) is 0 Å². The van der Waals surface area contributed by atoms with Crippen LogP contribution in [0, 0.1) is 11.4 Å². The summed E-state index contributed by atoms with van der Waals surface area (Å²) in [6.07, 6.45) is -0.498. The molecule has 1 atom stereocenters. The van der Waals surface area contributed by atoms with E-state index in [-0.39, 0.29) is 5.41 Å². The number of rotatable bonds is 3. The average Bonchev–Trinajstić information content (AvgIpc) is 2.12. The molecule has 3 nitrogen and oxygen atoms in total. The van der Waals surface area contributed by atoms with E-state index < -0.39 is 12.1 Å². The Balaban J connectivity index is 2.51. The fourth-order valence-corrected chi connectivity index (χ4v) is 1.01. The van der Waals surface area contributed by atoms with Crippen molar-refractivity contribution in [1.29, 1.82) is 0 Å². The average molecular weight is 212 g/mol. The van der Waals surface area contributed by atoms with Crippen LogP contribution in [0.4, 0.5) is 10.2 Å². The molecule has 0 aromatic carbocycles. The molecule has 0 amide bonds. The van der Waals surface area contributed by atoms with Gasteiger partial charge in [0.05, 0.1) is 6.10 Å². The van der Waals surface area contributed by atoms with Crippen molar-refractivity contribution in [2.24, 2.45) is 5.41 Å². The molecular formula is C11H17FN2O. The molecule has 1 rings (SSSR count). The third kappa shape index (κ3) is 3.83. The van der Waals surface area contributed by atoms with Crippen LogP contribution in [0.3, 0.4) is 0 Å². The molecule has 0 radical (unpaired) electrons. The first-order valence-electron chi connectivity index (χ1n) is 4.94. The van der Waals surface area contributed by atoms with E-state index in [0.717, 1.165) is 0 Å². The molecule has 0 aliphatic carbocycles. The van der Waals surface area contributed by atoms with Gasteiger partial charge in [0, 0.05) is 6.54 Å². The Hall–Kier alpha value is -1.16. The second kappa shape index (κ2) is 4.57. The highest BCUT2D eigenvalue weighted by Crippen LogP contribution is 2.19. The highest BCUT2D eigenvalue weighted by atomic mass is 19.1. The van der Waals surface area contributed by atoms with Crippen LogP contribution in [0.5, 0.6) is 0 Å². The van der Waals surface area contributed by atoms with Crippen LogP contribution >= 0.6 is 0 Å². The number of anilines is 1. The van der Waals surface area contributed by atoms with E-state index in [9.17, 15) is 9.50 Å². The van der Waals surface area contributed by atoms with E-state index in [1.807, 2.05) is 20.8 Å². The van der Waals surface area contributed by atoms with E-state index in [0.29, 0.717) is 12.4 Å². The lowest BCUT2D eigenvalue weighted by Crippen LogP contribution is -2.33. The van der Waals surface area contributed by atoms with Gasteiger partial charge in [0.1, 0.15) is 5.82 Å². The summed E-state index contributed by atoms with van der Waals surface area (Å²) < 4.78 is 12.7. The number of hydrogen-bond acceptors (Lipinski definition) is 3. The standard InChI is InChI=1S/C11H17FN2O/c1-11(2,3)8(15)7-13-10-6-4-5-9(12)14-10/h4-6,8,15H,7H2,1-3H3,(H,13,14). The highest BCUT2D eigenvalue weighted by molar-refractivity contribution is 5.33. The number of pyridine rings is 1. The van der Waals surface area contributed by atoms with Gasteiger partial charge in [-0.3, -0.25) is 0 Å². The van der Waals surface area contributed by atoms with E-state index in [4.69, 9.17) is 0 Å². The minimum Gasteiger partial charge on any atom is -0.391 e. The first-order valence-corrected chi connectivity index (χ1v) is 4.94. The van der Waals surface area contributed by atoms with Gasteiger partial charge >= 0.3 is 0 Å². The molecule has 1 aromatic heterocycles. The molecule has 1 heterocycles. The number of nitrogens with zero attached hydrogens (tertiary/aromatic N) is 1. The van der Waals surface area contributed by atoms with Gasteiger partial charge in [-0.25, -0.2) is 4.98 Å². The first kappa shape index (κ1) is 11.9. The van der Waals surface area contributed by atoms with Gasteiger partial charge in [-0.1, -0.05) is 26.8 Å². The fourth-order valence-electron chi connectivity index (χ4n) is 1.01. The Kier molecular flexibility index (Phi) is 3.63. The molecule has 0 aliphatic heterocycles. The second-order valence-corrected chi connectivity index (χ2v) is 4.61. The van der Waals surface area contributed by atoms with Gasteiger partial charge in [-0.15, -0.1) is 0 Å². The molecule has 4 heteroatoms. The van der Waals surface area contributed by atoms with Crippen LogP contribution in [0.2, 0.25) is 0 Å². The molecule has 2 N–H and O–H groups in total. The van der Waals surface area contributed by atoms with Crippen LogP contribution < -0.4 is 5.32 Å². The summed E-state index contributed by atoms with van der Waals surface area (Å²) in [6.45, 7) is 6.19. The van der Waals surface area contributed by atoms with Crippen molar-refractivity contribution in [1.82, 2.24) is 4.98 Å². The molecule has 0 fully saturated rings. The maximum Gasteiger partial charge on any atom is 0.214 e. The number of aliphatic hydroxyl groups excluding tert-OH is 1. The number of hydrogen-bond donors (Lipinski definition) is 2. The number of halogens is 1. The van der Waals surface area contributed by atoms with E-state index in [2.05, 4.69) is 10.3 Å². The minimum absolute atomic E-state index is 0.194. The third-order valence-corrected chi connectivity index (χ3v) is 2.19. The van der Waals surface area contributed by atoms with Gasteiger partial charge in [0.15, 0.2) is 0 Å². The van der Waals surface area contributed by atoms with Crippen molar-refractivity contribution >= 4 is 5.82 Å². The molecule has 1 unspecified atom stereocenters. The van der Waals surface area contributed by atoms with Crippen LogP contribution in [0.1, 0.15) is 20.8 Å². The van der Waals surface area contributed by atoms with Gasteiger partial charge < -0.3 is 10.4 Å². The zero-order chi connectivity index (χ0) is 11.5. The lowest BCUT2D eigenvalue weighted by molar-refractivity contribution is 0.0745. The molecule has 15 heavy (non-hydrogen) atoms. The highest BCUT2D eigenvalue weighted by Gasteiger charge is 2.21. The Morgan fingerprint density at radius 1 is 1.47 bits per heavy atom. The summed E-state index contributed by atoms with van der Waals surface area (Å²) >= 11 is 0. The summed E-state index contributed by atoms with van der Waals surface area (Å²) in [5.74, 6) is -0.0800. The Bertz CT molecular complexity index is 323. The van der Waals surface area contributed by atoms with Crippen molar-refractivity contribution in [3.05, 3.63) is 24.1 Å². The van der Waals surface area contributed by atoms with Gasteiger partial charge in [0.2, 0.25) is 5.95 Å². The third-order valence-electron chi connectivity index (χ3n) is 2.19. The fraction of sp³-hybridized carbons (Fsp3) is 0.545. The number of aliphatic hydroxyl groups is 1. The summed E-state index contributed by atoms with van der Waals surface area (Å²) in [7, 11) is 0. The quantitative estimate of drug-likeness (QED) is 0.754. The van der Waals surface area contributed by atoms with Gasteiger partial charge in [0.25, 0.3) is 0 Å². The molecule has 0 saturated carbocycles. The topological polar surface area (TPSA) is 45.1 Å². The summed E-state index contributed by atoms with van der Waals surface area (Å²) in [5, 5.41) is 12.6. The van der Waals surface area contributed by atoms with Crippen LogP contribution in [0.15, 0.2) is 18.2 Å². The predicted molar refractivity (Wildman–Crippen MR) is 58.1 cm³/mol. The van der Waals surface area contributed by atoms with E-state index in [1.165, 1.54) is 6.07 Å². The first-order chi connectivity index (χ1) is 6.89. The predicted octanol–water partition coefficient (Wildman–Crippen LogP) is 2.04. The number of nitrogens with one attached hydrogen (secondary N) is 1. The Morgan fingerprint density at radius 3 is 2.67 bits per heavy atom. The maximum absolute atomic E-state index is 12.7. The lowest BCUT2D eigenvalue weighted by atomic mass is 9.89. The SMILES string of the molecule is CC(C)(C)C(O)CNc1cccc(F)n1. The van der Waals surface area contributed by atoms with Gasteiger partial charge in [-0.2, -0.15) is 4.39 Å². The molecular weight excluding hydrogens is 195 g/mol. The molecule has 0 saturated heterocycles. The van der Waals surface area contributed by atoms with Crippen molar-refractivity contribution in [2.75, 3.05) is 11.9 Å². The Labute approximate surface area is 89.4 Å². The Morgan fingerprint density at radius 2 is 2.13 bits per heavy atom. The van der Waals surface area contributed by atoms with E-state index >= 15 is 0 Å². The smallest absolute Gasteiger partial charge is 0.214 e. The monoisotopic (exact) mass is 212 g/mol. The molecule has 84 valence electrons. The summed E-state index contributed by atoms with van der Waals surface area (Å²) in [5.41, 5.74) is -0.194. The molecule has 1 aromatic rings. The number of aromatic nitrogens is 1. The second-order valence-electron chi connectivity index (χ2n) is 4.61. The van der Waals surface area contributed by atoms with Crippen molar-refractivity contribution < 1.29 is 9.50 Å². The van der Waals surface area contributed by atoms with Crippen molar-refractivity contribution in [3.63, 3.8) is 0 Å².